The average Bonchev–Trinajstić information content (AvgIpc) is 2.49. The molecule has 0 atom stereocenters. The van der Waals surface area contributed by atoms with Crippen LogP contribution < -0.4 is 5.32 Å². The van der Waals surface area contributed by atoms with Crippen molar-refractivity contribution in [2.24, 2.45) is 5.92 Å². The molecule has 0 bridgehead atoms. The number of benzene rings is 1. The number of fused-ring (bicyclic) bond motifs is 1. The van der Waals surface area contributed by atoms with Crippen molar-refractivity contribution in [3.05, 3.63) is 34.9 Å². The Morgan fingerprint density at radius 2 is 1.81 bits per heavy atom. The summed E-state index contributed by atoms with van der Waals surface area (Å²) in [6.07, 6.45) is 10.4. The molecule has 1 amide bonds. The molecular weight excluding hydrogens is 258 g/mol. The van der Waals surface area contributed by atoms with E-state index in [-0.39, 0.29) is 5.91 Å². The van der Waals surface area contributed by atoms with Crippen LogP contribution in [0.4, 0.5) is 0 Å². The second-order valence-electron chi connectivity index (χ2n) is 7.01. The number of nitrogens with one attached hydrogen (secondary N) is 1. The van der Waals surface area contributed by atoms with E-state index in [9.17, 15) is 4.79 Å². The fourth-order valence-electron chi connectivity index (χ4n) is 3.77. The van der Waals surface area contributed by atoms with Gasteiger partial charge in [0.15, 0.2) is 0 Å². The summed E-state index contributed by atoms with van der Waals surface area (Å²) in [4.78, 5) is 12.2. The summed E-state index contributed by atoms with van der Waals surface area (Å²) in [5, 5.41) is 3.23. The predicted octanol–water partition coefficient (Wildman–Crippen LogP) is 3.80. The van der Waals surface area contributed by atoms with Crippen molar-refractivity contribution in [1.29, 1.82) is 0 Å². The molecule has 0 radical (unpaired) electrons. The van der Waals surface area contributed by atoms with Crippen LogP contribution in [0.5, 0.6) is 0 Å². The minimum atomic E-state index is 0.199. The van der Waals surface area contributed by atoms with E-state index < -0.39 is 0 Å². The number of carbonyl (C=O) groups is 1. The van der Waals surface area contributed by atoms with Crippen LogP contribution in [-0.2, 0) is 24.1 Å². The largest absolute Gasteiger partial charge is 0.353 e. The quantitative estimate of drug-likeness (QED) is 0.899. The first-order valence-corrected chi connectivity index (χ1v) is 8.61. The monoisotopic (exact) mass is 285 g/mol. The molecule has 114 valence electrons. The summed E-state index contributed by atoms with van der Waals surface area (Å²) >= 11 is 0. The van der Waals surface area contributed by atoms with Gasteiger partial charge in [-0.2, -0.15) is 0 Å². The van der Waals surface area contributed by atoms with Crippen molar-refractivity contribution in [1.82, 2.24) is 5.32 Å². The van der Waals surface area contributed by atoms with E-state index in [0.29, 0.717) is 12.5 Å². The van der Waals surface area contributed by atoms with Gasteiger partial charge in [0.05, 0.1) is 6.42 Å². The standard InChI is InChI=1S/C19H27NO/c1-14-6-10-18(11-7-14)20-19(21)13-15-8-9-16-4-2-3-5-17(16)12-15/h8-9,12,14,18H,2-7,10-11,13H2,1H3,(H,20,21). The lowest BCUT2D eigenvalue weighted by Gasteiger charge is -2.27. The van der Waals surface area contributed by atoms with Gasteiger partial charge in [-0.25, -0.2) is 0 Å². The van der Waals surface area contributed by atoms with Gasteiger partial charge in [-0.15, -0.1) is 0 Å². The minimum absolute atomic E-state index is 0.199. The van der Waals surface area contributed by atoms with Gasteiger partial charge in [-0.1, -0.05) is 25.1 Å². The maximum Gasteiger partial charge on any atom is 0.224 e. The van der Waals surface area contributed by atoms with Crippen molar-refractivity contribution in [2.45, 2.75) is 70.8 Å². The Morgan fingerprint density at radius 3 is 2.57 bits per heavy atom. The third-order valence-electron chi connectivity index (χ3n) is 5.16. The van der Waals surface area contributed by atoms with Crippen molar-refractivity contribution in [2.75, 3.05) is 0 Å². The predicted molar refractivity (Wildman–Crippen MR) is 86.4 cm³/mol. The number of hydrogen-bond acceptors (Lipinski definition) is 1. The summed E-state index contributed by atoms with van der Waals surface area (Å²) in [6, 6.07) is 7.05. The molecule has 0 heterocycles. The van der Waals surface area contributed by atoms with Crippen LogP contribution in [0.3, 0.4) is 0 Å². The molecule has 0 aliphatic heterocycles. The molecule has 2 heteroatoms. The SMILES string of the molecule is CC1CCC(NC(=O)Cc2ccc3c(c2)CCCC3)CC1. The summed E-state index contributed by atoms with van der Waals surface area (Å²) in [6.45, 7) is 2.31. The Balaban J connectivity index is 1.55. The third-order valence-corrected chi connectivity index (χ3v) is 5.16. The topological polar surface area (TPSA) is 29.1 Å². The Labute approximate surface area is 128 Å². The molecule has 2 aliphatic rings. The molecule has 2 aliphatic carbocycles. The molecule has 1 aromatic rings. The number of carbonyl (C=O) groups excluding carboxylic acids is 1. The fourth-order valence-corrected chi connectivity index (χ4v) is 3.77. The van der Waals surface area contributed by atoms with E-state index in [2.05, 4.69) is 30.4 Å². The van der Waals surface area contributed by atoms with Gasteiger partial charge >= 0.3 is 0 Å². The van der Waals surface area contributed by atoms with Crippen molar-refractivity contribution in [3.63, 3.8) is 0 Å². The van der Waals surface area contributed by atoms with Crippen molar-refractivity contribution in [3.8, 4) is 0 Å². The zero-order valence-corrected chi connectivity index (χ0v) is 13.2. The highest BCUT2D eigenvalue weighted by atomic mass is 16.1. The summed E-state index contributed by atoms with van der Waals surface area (Å²) in [5.74, 6) is 1.03. The molecule has 2 nitrogen and oxygen atoms in total. The number of amides is 1. The van der Waals surface area contributed by atoms with Crippen LogP contribution in [0.1, 0.15) is 62.1 Å². The van der Waals surface area contributed by atoms with E-state index in [1.807, 2.05) is 0 Å². The first-order valence-electron chi connectivity index (χ1n) is 8.61. The lowest BCUT2D eigenvalue weighted by Crippen LogP contribution is -2.38. The maximum absolute atomic E-state index is 12.2. The second-order valence-corrected chi connectivity index (χ2v) is 7.01. The van der Waals surface area contributed by atoms with Crippen LogP contribution in [0.2, 0.25) is 0 Å². The molecule has 3 rings (SSSR count). The molecule has 0 saturated heterocycles. The molecule has 1 N–H and O–H groups in total. The number of hydrogen-bond donors (Lipinski definition) is 1. The van der Waals surface area contributed by atoms with Gasteiger partial charge in [0.2, 0.25) is 5.91 Å². The van der Waals surface area contributed by atoms with Crippen LogP contribution in [0.25, 0.3) is 0 Å². The Hall–Kier alpha value is -1.31. The summed E-state index contributed by atoms with van der Waals surface area (Å²) < 4.78 is 0. The molecule has 1 saturated carbocycles. The zero-order valence-electron chi connectivity index (χ0n) is 13.2. The Bertz CT molecular complexity index is 500. The van der Waals surface area contributed by atoms with E-state index in [0.717, 1.165) is 18.8 Å². The lowest BCUT2D eigenvalue weighted by atomic mass is 9.87. The van der Waals surface area contributed by atoms with E-state index in [4.69, 9.17) is 0 Å². The van der Waals surface area contributed by atoms with E-state index in [1.54, 1.807) is 0 Å². The van der Waals surface area contributed by atoms with Gasteiger partial charge in [-0.3, -0.25) is 4.79 Å². The van der Waals surface area contributed by atoms with Crippen molar-refractivity contribution >= 4 is 5.91 Å². The number of aryl methyl sites for hydroxylation is 2. The highest BCUT2D eigenvalue weighted by Gasteiger charge is 2.20. The molecule has 21 heavy (non-hydrogen) atoms. The van der Waals surface area contributed by atoms with Crippen LogP contribution in [0, 0.1) is 5.92 Å². The Kier molecular flexibility index (Phi) is 4.62. The van der Waals surface area contributed by atoms with Gasteiger partial charge in [0.1, 0.15) is 0 Å². The fraction of sp³-hybridized carbons (Fsp3) is 0.632. The van der Waals surface area contributed by atoms with Crippen molar-refractivity contribution < 1.29 is 4.79 Å². The molecule has 1 fully saturated rings. The Morgan fingerprint density at radius 1 is 1.10 bits per heavy atom. The van der Waals surface area contributed by atoms with Gasteiger partial charge in [0.25, 0.3) is 0 Å². The maximum atomic E-state index is 12.2. The van der Waals surface area contributed by atoms with Crippen LogP contribution >= 0.6 is 0 Å². The normalized spacial score (nSPS) is 25.2. The van der Waals surface area contributed by atoms with Crippen LogP contribution in [0.15, 0.2) is 18.2 Å². The first kappa shape index (κ1) is 14.6. The van der Waals surface area contributed by atoms with Gasteiger partial charge < -0.3 is 5.32 Å². The smallest absolute Gasteiger partial charge is 0.224 e. The van der Waals surface area contributed by atoms with Crippen LogP contribution in [-0.4, -0.2) is 11.9 Å². The highest BCUT2D eigenvalue weighted by Crippen LogP contribution is 2.24. The van der Waals surface area contributed by atoms with E-state index in [1.165, 1.54) is 55.2 Å². The molecular formula is C19H27NO. The first-order chi connectivity index (χ1) is 10.2. The van der Waals surface area contributed by atoms with Gasteiger partial charge in [0, 0.05) is 6.04 Å². The molecule has 0 aromatic heterocycles. The summed E-state index contributed by atoms with van der Waals surface area (Å²) in [5.41, 5.74) is 4.14. The third kappa shape index (κ3) is 3.87. The lowest BCUT2D eigenvalue weighted by molar-refractivity contribution is -0.121. The second kappa shape index (κ2) is 6.64. The average molecular weight is 285 g/mol. The molecule has 0 unspecified atom stereocenters. The van der Waals surface area contributed by atoms with E-state index >= 15 is 0 Å². The molecule has 0 spiro atoms. The number of rotatable bonds is 3. The van der Waals surface area contributed by atoms with Gasteiger partial charge in [-0.05, 0) is 74.0 Å². The highest BCUT2D eigenvalue weighted by molar-refractivity contribution is 5.79. The molecule has 1 aromatic carbocycles. The summed E-state index contributed by atoms with van der Waals surface area (Å²) in [7, 11) is 0. The minimum Gasteiger partial charge on any atom is -0.353 e. The zero-order chi connectivity index (χ0) is 14.7.